The van der Waals surface area contributed by atoms with Crippen LogP contribution in [0.25, 0.3) is 0 Å². The van der Waals surface area contributed by atoms with Gasteiger partial charge in [-0.05, 0) is 6.92 Å². The molecule has 1 aliphatic heterocycles. The zero-order valence-corrected chi connectivity index (χ0v) is 7.04. The predicted molar refractivity (Wildman–Crippen MR) is 39.4 cm³/mol. The van der Waals surface area contributed by atoms with Crippen LogP contribution in [0.2, 0.25) is 0 Å². The monoisotopic (exact) mass is 178 g/mol. The Kier molecular flexibility index (Phi) is 3.03. The van der Waals surface area contributed by atoms with Crippen LogP contribution in [0.5, 0.6) is 0 Å². The fourth-order valence-electron chi connectivity index (χ4n) is 1.27. The Hall–Kier alpha value is -0.200. The third-order valence-electron chi connectivity index (χ3n) is 2.07. The molecule has 4 unspecified atom stereocenters. The van der Waals surface area contributed by atoms with Crippen molar-refractivity contribution in [3.05, 3.63) is 0 Å². The average Bonchev–Trinajstić information content (AvgIpc) is 2.01. The number of methoxy groups -OCH3 is 1. The standard InChI is InChI=1S/C7H14O5/c1-3-4(8)5(9)6(11-2)7(10)12-3/h3-10H,1-2H3/t3-,4?,5?,6?,7?/m0/s1. The SMILES string of the molecule is COC1C(O)O[C@@H](C)C(O)C1O. The second-order valence-electron chi connectivity index (χ2n) is 2.91. The summed E-state index contributed by atoms with van der Waals surface area (Å²) in [5.41, 5.74) is 0. The zero-order valence-electron chi connectivity index (χ0n) is 7.04. The van der Waals surface area contributed by atoms with Gasteiger partial charge in [0.1, 0.15) is 18.3 Å². The van der Waals surface area contributed by atoms with Gasteiger partial charge in [0.25, 0.3) is 0 Å². The Labute approximate surface area is 70.5 Å². The molecule has 0 aliphatic carbocycles. The third kappa shape index (κ3) is 1.60. The van der Waals surface area contributed by atoms with Crippen molar-refractivity contribution >= 4 is 0 Å². The van der Waals surface area contributed by atoms with Crippen molar-refractivity contribution in [2.45, 2.75) is 37.6 Å². The molecule has 0 saturated carbocycles. The molecule has 72 valence electrons. The third-order valence-corrected chi connectivity index (χ3v) is 2.07. The van der Waals surface area contributed by atoms with E-state index in [2.05, 4.69) is 0 Å². The Morgan fingerprint density at radius 1 is 1.17 bits per heavy atom. The Morgan fingerprint density at radius 2 is 1.75 bits per heavy atom. The van der Waals surface area contributed by atoms with Gasteiger partial charge < -0.3 is 24.8 Å². The molecular weight excluding hydrogens is 164 g/mol. The fraction of sp³-hybridized carbons (Fsp3) is 1.00. The van der Waals surface area contributed by atoms with E-state index < -0.39 is 30.7 Å². The number of rotatable bonds is 1. The van der Waals surface area contributed by atoms with E-state index in [1.165, 1.54) is 7.11 Å². The second kappa shape index (κ2) is 3.68. The van der Waals surface area contributed by atoms with Gasteiger partial charge in [-0.2, -0.15) is 0 Å². The van der Waals surface area contributed by atoms with Crippen LogP contribution >= 0.6 is 0 Å². The first-order valence-electron chi connectivity index (χ1n) is 3.80. The van der Waals surface area contributed by atoms with Crippen LogP contribution in [0.4, 0.5) is 0 Å². The first-order chi connectivity index (χ1) is 5.57. The number of hydrogen-bond acceptors (Lipinski definition) is 5. The highest BCUT2D eigenvalue weighted by molar-refractivity contribution is 4.87. The second-order valence-corrected chi connectivity index (χ2v) is 2.91. The number of ether oxygens (including phenoxy) is 2. The van der Waals surface area contributed by atoms with Gasteiger partial charge in [-0.15, -0.1) is 0 Å². The summed E-state index contributed by atoms with van der Waals surface area (Å²) in [5.74, 6) is 0. The van der Waals surface area contributed by atoms with Crippen LogP contribution < -0.4 is 0 Å². The van der Waals surface area contributed by atoms with E-state index in [4.69, 9.17) is 9.47 Å². The van der Waals surface area contributed by atoms with Crippen LogP contribution in [0.15, 0.2) is 0 Å². The molecule has 1 aliphatic rings. The van der Waals surface area contributed by atoms with E-state index in [1.54, 1.807) is 6.92 Å². The maximum Gasteiger partial charge on any atom is 0.184 e. The molecule has 5 atom stereocenters. The summed E-state index contributed by atoms with van der Waals surface area (Å²) in [6.07, 6.45) is -4.76. The maximum absolute atomic E-state index is 9.36. The Bertz CT molecular complexity index is 151. The van der Waals surface area contributed by atoms with Crippen molar-refractivity contribution in [2.24, 2.45) is 0 Å². The first kappa shape index (κ1) is 9.88. The summed E-state index contributed by atoms with van der Waals surface area (Å²) in [7, 11) is 1.34. The summed E-state index contributed by atoms with van der Waals surface area (Å²) in [6.45, 7) is 1.57. The van der Waals surface area contributed by atoms with Gasteiger partial charge in [0.15, 0.2) is 6.29 Å². The summed E-state index contributed by atoms with van der Waals surface area (Å²) < 4.78 is 9.64. The lowest BCUT2D eigenvalue weighted by molar-refractivity contribution is -0.283. The first-order valence-corrected chi connectivity index (χ1v) is 3.80. The maximum atomic E-state index is 9.36. The molecule has 1 fully saturated rings. The average molecular weight is 178 g/mol. The van der Waals surface area contributed by atoms with Gasteiger partial charge in [-0.25, -0.2) is 0 Å². The Morgan fingerprint density at radius 3 is 2.25 bits per heavy atom. The van der Waals surface area contributed by atoms with E-state index in [9.17, 15) is 15.3 Å². The summed E-state index contributed by atoms with van der Waals surface area (Å²) in [6, 6.07) is 0. The smallest absolute Gasteiger partial charge is 0.184 e. The largest absolute Gasteiger partial charge is 0.388 e. The molecule has 1 rings (SSSR count). The summed E-state index contributed by atoms with van der Waals surface area (Å²) >= 11 is 0. The molecule has 0 amide bonds. The minimum absolute atomic E-state index is 0.582. The normalized spacial score (nSPS) is 49.2. The van der Waals surface area contributed by atoms with Gasteiger partial charge in [-0.1, -0.05) is 0 Å². The van der Waals surface area contributed by atoms with E-state index in [-0.39, 0.29) is 0 Å². The molecule has 1 heterocycles. The van der Waals surface area contributed by atoms with Crippen molar-refractivity contribution in [1.29, 1.82) is 0 Å². The Balaban J connectivity index is 2.65. The van der Waals surface area contributed by atoms with Crippen LogP contribution in [0, 0.1) is 0 Å². The molecule has 0 aromatic carbocycles. The van der Waals surface area contributed by atoms with E-state index >= 15 is 0 Å². The van der Waals surface area contributed by atoms with Crippen LogP contribution in [0.3, 0.4) is 0 Å². The zero-order chi connectivity index (χ0) is 9.30. The van der Waals surface area contributed by atoms with E-state index in [1.807, 2.05) is 0 Å². The lowest BCUT2D eigenvalue weighted by Gasteiger charge is -2.38. The number of aliphatic hydroxyl groups excluding tert-OH is 3. The molecule has 0 bridgehead atoms. The van der Waals surface area contributed by atoms with Gasteiger partial charge in [0.2, 0.25) is 0 Å². The summed E-state index contributed by atoms with van der Waals surface area (Å²) in [4.78, 5) is 0. The lowest BCUT2D eigenvalue weighted by atomic mass is 10.00. The van der Waals surface area contributed by atoms with Crippen LogP contribution in [-0.4, -0.2) is 53.1 Å². The summed E-state index contributed by atoms with van der Waals surface area (Å²) in [5, 5.41) is 27.9. The number of aliphatic hydroxyl groups is 3. The highest BCUT2D eigenvalue weighted by Crippen LogP contribution is 2.20. The molecule has 0 radical (unpaired) electrons. The van der Waals surface area contributed by atoms with Gasteiger partial charge in [0, 0.05) is 7.11 Å². The lowest BCUT2D eigenvalue weighted by Crippen LogP contribution is -2.57. The van der Waals surface area contributed by atoms with Crippen LogP contribution in [-0.2, 0) is 9.47 Å². The molecule has 0 spiro atoms. The minimum atomic E-state index is -1.18. The predicted octanol–water partition coefficient (Wildman–Crippen LogP) is -1.54. The fourth-order valence-corrected chi connectivity index (χ4v) is 1.27. The van der Waals surface area contributed by atoms with Crippen molar-refractivity contribution in [3.8, 4) is 0 Å². The minimum Gasteiger partial charge on any atom is -0.388 e. The highest BCUT2D eigenvalue weighted by Gasteiger charge is 2.41. The van der Waals surface area contributed by atoms with Gasteiger partial charge in [-0.3, -0.25) is 0 Å². The molecule has 12 heavy (non-hydrogen) atoms. The molecule has 0 aromatic rings. The van der Waals surface area contributed by atoms with Gasteiger partial charge >= 0.3 is 0 Å². The van der Waals surface area contributed by atoms with Crippen molar-refractivity contribution in [2.75, 3.05) is 7.11 Å². The number of hydrogen-bond donors (Lipinski definition) is 3. The molecule has 0 aromatic heterocycles. The van der Waals surface area contributed by atoms with Crippen molar-refractivity contribution in [1.82, 2.24) is 0 Å². The molecular formula is C7H14O5. The molecule has 1 saturated heterocycles. The quantitative estimate of drug-likeness (QED) is 0.453. The molecule has 5 heteroatoms. The molecule has 3 N–H and O–H groups in total. The molecule has 5 nitrogen and oxygen atoms in total. The van der Waals surface area contributed by atoms with Crippen molar-refractivity contribution in [3.63, 3.8) is 0 Å². The topological polar surface area (TPSA) is 79.2 Å². The highest BCUT2D eigenvalue weighted by atomic mass is 16.7. The van der Waals surface area contributed by atoms with E-state index in [0.717, 1.165) is 0 Å². The van der Waals surface area contributed by atoms with Crippen LogP contribution in [0.1, 0.15) is 6.92 Å². The van der Waals surface area contributed by atoms with Gasteiger partial charge in [0.05, 0.1) is 6.10 Å². The van der Waals surface area contributed by atoms with E-state index in [0.29, 0.717) is 0 Å². The van der Waals surface area contributed by atoms with Crippen molar-refractivity contribution < 1.29 is 24.8 Å².